The number of nitrogens with one attached hydrogen (secondary N) is 1. The summed E-state index contributed by atoms with van der Waals surface area (Å²) in [4.78, 5) is 30.5. The van der Waals surface area contributed by atoms with Gasteiger partial charge in [0.1, 0.15) is 0 Å². The van der Waals surface area contributed by atoms with Gasteiger partial charge in [0, 0.05) is 64.7 Å². The molecule has 22 heavy (non-hydrogen) atoms. The Hall–Kier alpha value is -1.14. The molecule has 6 nitrogen and oxygen atoms in total. The maximum atomic E-state index is 12.2. The third-order valence-corrected chi connectivity index (χ3v) is 4.51. The molecule has 2 aliphatic heterocycles. The highest BCUT2D eigenvalue weighted by Crippen LogP contribution is 2.09. The normalized spacial score (nSPS) is 21.0. The van der Waals surface area contributed by atoms with Crippen LogP contribution in [0.5, 0.6) is 0 Å². The van der Waals surface area contributed by atoms with E-state index in [1.165, 1.54) is 0 Å². The minimum Gasteiger partial charge on any atom is -0.341 e. The molecule has 0 atom stereocenters. The molecule has 0 radical (unpaired) electrons. The summed E-state index contributed by atoms with van der Waals surface area (Å²) in [5.41, 5.74) is 0. The smallest absolute Gasteiger partial charge is 0.225 e. The predicted octanol–water partition coefficient (Wildman–Crippen LogP) is -0.00140. The maximum absolute atomic E-state index is 12.2. The molecule has 0 spiro atoms. The van der Waals surface area contributed by atoms with Gasteiger partial charge in [-0.05, 0) is 13.0 Å². The number of carbonyl (C=O) groups excluding carboxylic acids is 2. The van der Waals surface area contributed by atoms with Crippen molar-refractivity contribution in [3.63, 3.8) is 0 Å². The molecule has 2 heterocycles. The van der Waals surface area contributed by atoms with Crippen molar-refractivity contribution in [2.45, 2.75) is 26.7 Å². The highest BCUT2D eigenvalue weighted by Gasteiger charge is 2.22. The van der Waals surface area contributed by atoms with E-state index in [2.05, 4.69) is 10.2 Å². The van der Waals surface area contributed by atoms with Crippen molar-refractivity contribution in [1.82, 2.24) is 20.0 Å². The van der Waals surface area contributed by atoms with Crippen molar-refractivity contribution in [3.8, 4) is 0 Å². The Balaban J connectivity index is 1.72. The van der Waals surface area contributed by atoms with Crippen molar-refractivity contribution < 1.29 is 9.59 Å². The Morgan fingerprint density at radius 2 is 1.68 bits per heavy atom. The molecule has 0 unspecified atom stereocenters. The highest BCUT2D eigenvalue weighted by molar-refractivity contribution is 5.78. The zero-order valence-electron chi connectivity index (χ0n) is 14.0. The summed E-state index contributed by atoms with van der Waals surface area (Å²) in [6.07, 6.45) is 1.60. The van der Waals surface area contributed by atoms with E-state index >= 15 is 0 Å². The lowest BCUT2D eigenvalue weighted by atomic mass is 10.2. The maximum Gasteiger partial charge on any atom is 0.225 e. The van der Waals surface area contributed by atoms with Crippen molar-refractivity contribution in [2.24, 2.45) is 5.92 Å². The van der Waals surface area contributed by atoms with Crippen LogP contribution in [-0.4, -0.2) is 85.4 Å². The van der Waals surface area contributed by atoms with E-state index in [0.717, 1.165) is 65.3 Å². The van der Waals surface area contributed by atoms with Gasteiger partial charge in [0.05, 0.1) is 0 Å². The molecule has 2 saturated heterocycles. The number of amides is 2. The second-order valence-corrected chi connectivity index (χ2v) is 6.56. The fourth-order valence-electron chi connectivity index (χ4n) is 3.11. The summed E-state index contributed by atoms with van der Waals surface area (Å²) in [5.74, 6) is 0.584. The van der Waals surface area contributed by atoms with E-state index in [0.29, 0.717) is 6.42 Å². The van der Waals surface area contributed by atoms with Gasteiger partial charge in [-0.15, -0.1) is 0 Å². The minimum absolute atomic E-state index is 0.0702. The van der Waals surface area contributed by atoms with Gasteiger partial charge in [-0.1, -0.05) is 13.8 Å². The van der Waals surface area contributed by atoms with Crippen LogP contribution in [0, 0.1) is 5.92 Å². The summed E-state index contributed by atoms with van der Waals surface area (Å²) >= 11 is 0. The third kappa shape index (κ3) is 4.95. The summed E-state index contributed by atoms with van der Waals surface area (Å²) in [5, 5.41) is 3.27. The van der Waals surface area contributed by atoms with Crippen LogP contribution in [0.1, 0.15) is 26.7 Å². The van der Waals surface area contributed by atoms with E-state index in [4.69, 9.17) is 0 Å². The molecule has 0 aromatic heterocycles. The number of piperazine rings is 1. The Bertz CT molecular complexity index is 380. The van der Waals surface area contributed by atoms with E-state index in [9.17, 15) is 9.59 Å². The molecule has 0 aromatic rings. The van der Waals surface area contributed by atoms with Gasteiger partial charge in [0.25, 0.3) is 0 Å². The molecule has 1 N–H and O–H groups in total. The summed E-state index contributed by atoms with van der Waals surface area (Å²) in [6, 6.07) is 0. The molecule has 2 fully saturated rings. The monoisotopic (exact) mass is 310 g/mol. The van der Waals surface area contributed by atoms with Crippen LogP contribution in [0.3, 0.4) is 0 Å². The summed E-state index contributed by atoms with van der Waals surface area (Å²) in [7, 11) is 0. The molecule has 126 valence electrons. The molecule has 0 saturated carbocycles. The standard InChI is InChI=1S/C16H30N4O2/c1-14(2)16(22)20-8-3-7-18(12-13-20)9-4-15(21)19-10-5-17-6-11-19/h14,17H,3-13H2,1-2H3. The topological polar surface area (TPSA) is 55.9 Å². The lowest BCUT2D eigenvalue weighted by molar-refractivity contribution is -0.134. The second-order valence-electron chi connectivity index (χ2n) is 6.56. The first-order valence-electron chi connectivity index (χ1n) is 8.57. The molecule has 2 amide bonds. The molecule has 2 rings (SSSR count). The van der Waals surface area contributed by atoms with Gasteiger partial charge in [0.2, 0.25) is 11.8 Å². The van der Waals surface area contributed by atoms with Gasteiger partial charge in [-0.3, -0.25) is 9.59 Å². The number of hydrogen-bond donors (Lipinski definition) is 1. The highest BCUT2D eigenvalue weighted by atomic mass is 16.2. The van der Waals surface area contributed by atoms with Crippen molar-refractivity contribution >= 4 is 11.8 Å². The van der Waals surface area contributed by atoms with Crippen molar-refractivity contribution in [1.29, 1.82) is 0 Å². The van der Waals surface area contributed by atoms with Crippen LogP contribution < -0.4 is 5.32 Å². The molecule has 6 heteroatoms. The molecule has 0 aromatic carbocycles. The molecular formula is C16H30N4O2. The van der Waals surface area contributed by atoms with Gasteiger partial charge in [-0.2, -0.15) is 0 Å². The van der Waals surface area contributed by atoms with Gasteiger partial charge < -0.3 is 20.0 Å². The number of hydrogen-bond acceptors (Lipinski definition) is 4. The first kappa shape index (κ1) is 17.2. The van der Waals surface area contributed by atoms with Crippen molar-refractivity contribution in [2.75, 3.05) is 58.9 Å². The zero-order valence-corrected chi connectivity index (χ0v) is 14.0. The Morgan fingerprint density at radius 1 is 0.955 bits per heavy atom. The van der Waals surface area contributed by atoms with Crippen LogP contribution >= 0.6 is 0 Å². The first-order chi connectivity index (χ1) is 10.6. The van der Waals surface area contributed by atoms with Crippen LogP contribution in [0.15, 0.2) is 0 Å². The van der Waals surface area contributed by atoms with E-state index < -0.39 is 0 Å². The average molecular weight is 310 g/mol. The largest absolute Gasteiger partial charge is 0.341 e. The minimum atomic E-state index is 0.0702. The molecular weight excluding hydrogens is 280 g/mol. The average Bonchev–Trinajstić information content (AvgIpc) is 2.78. The Kier molecular flexibility index (Phi) is 6.64. The fraction of sp³-hybridized carbons (Fsp3) is 0.875. The number of rotatable bonds is 4. The van der Waals surface area contributed by atoms with Crippen LogP contribution in [-0.2, 0) is 9.59 Å². The lowest BCUT2D eigenvalue weighted by Crippen LogP contribution is -2.47. The van der Waals surface area contributed by atoms with E-state index in [-0.39, 0.29) is 17.7 Å². The summed E-state index contributed by atoms with van der Waals surface area (Å²) in [6.45, 7) is 11.7. The Labute approximate surface area is 133 Å². The third-order valence-electron chi connectivity index (χ3n) is 4.51. The lowest BCUT2D eigenvalue weighted by Gasteiger charge is -2.28. The SMILES string of the molecule is CC(C)C(=O)N1CCCN(CCC(=O)N2CCNCC2)CC1. The second kappa shape index (κ2) is 8.48. The Morgan fingerprint density at radius 3 is 2.36 bits per heavy atom. The zero-order chi connectivity index (χ0) is 15.9. The molecule has 0 bridgehead atoms. The number of carbonyl (C=O) groups is 2. The van der Waals surface area contributed by atoms with Crippen molar-refractivity contribution in [3.05, 3.63) is 0 Å². The molecule has 2 aliphatic rings. The number of nitrogens with zero attached hydrogens (tertiary/aromatic N) is 3. The predicted molar refractivity (Wildman–Crippen MR) is 86.5 cm³/mol. The van der Waals surface area contributed by atoms with E-state index in [1.807, 2.05) is 23.6 Å². The van der Waals surface area contributed by atoms with E-state index in [1.54, 1.807) is 0 Å². The summed E-state index contributed by atoms with van der Waals surface area (Å²) < 4.78 is 0. The van der Waals surface area contributed by atoms with Crippen LogP contribution in [0.4, 0.5) is 0 Å². The van der Waals surface area contributed by atoms with Gasteiger partial charge >= 0.3 is 0 Å². The molecule has 0 aliphatic carbocycles. The fourth-order valence-corrected chi connectivity index (χ4v) is 3.11. The van der Waals surface area contributed by atoms with Gasteiger partial charge in [0.15, 0.2) is 0 Å². The van der Waals surface area contributed by atoms with Crippen LogP contribution in [0.25, 0.3) is 0 Å². The first-order valence-corrected chi connectivity index (χ1v) is 8.57. The van der Waals surface area contributed by atoms with Crippen LogP contribution in [0.2, 0.25) is 0 Å². The van der Waals surface area contributed by atoms with Gasteiger partial charge in [-0.25, -0.2) is 0 Å². The quantitative estimate of drug-likeness (QED) is 0.794.